The van der Waals surface area contributed by atoms with Gasteiger partial charge < -0.3 is 28.8 Å². The van der Waals surface area contributed by atoms with Crippen molar-refractivity contribution in [3.05, 3.63) is 96.6 Å². The molecular weight excluding hydrogens is 536 g/mol. The number of esters is 2. The van der Waals surface area contributed by atoms with Crippen LogP contribution in [0.3, 0.4) is 0 Å². The summed E-state index contributed by atoms with van der Waals surface area (Å²) >= 11 is 0. The molecule has 0 heterocycles. The van der Waals surface area contributed by atoms with Crippen molar-refractivity contribution in [2.45, 2.75) is 32.3 Å². The second-order valence-corrected chi connectivity index (χ2v) is 10.2. The summed E-state index contributed by atoms with van der Waals surface area (Å²) in [7, 11) is 0. The molecule has 0 unspecified atom stereocenters. The minimum absolute atomic E-state index is 0.0393. The zero-order chi connectivity index (χ0) is 29.6. The standard InChI is InChI=1S/C34H38O8/c1-25(23-38-20-19-35)27-11-13-31(14-12-27)41-33(36)28-7-9-29(10-8-28)34(37)42-32-17-15-30(16-18-32)40-22-21-39-24-26-5-3-2-4-6-26/h2-6,11-18,28-29,35H,1,7-10,19-24H2/t28-,29-. The molecule has 0 atom stereocenters. The molecule has 0 spiro atoms. The number of ether oxygens (including phenoxy) is 5. The largest absolute Gasteiger partial charge is 0.491 e. The van der Waals surface area contributed by atoms with Crippen LogP contribution in [0.5, 0.6) is 17.2 Å². The highest BCUT2D eigenvalue weighted by Crippen LogP contribution is 2.32. The Morgan fingerprint density at radius 3 is 1.81 bits per heavy atom. The zero-order valence-electron chi connectivity index (χ0n) is 23.7. The van der Waals surface area contributed by atoms with Crippen molar-refractivity contribution < 1.29 is 38.4 Å². The van der Waals surface area contributed by atoms with Gasteiger partial charge in [0.05, 0.1) is 44.9 Å². The van der Waals surface area contributed by atoms with Gasteiger partial charge in [0.2, 0.25) is 0 Å². The molecule has 1 saturated carbocycles. The van der Waals surface area contributed by atoms with E-state index in [1.807, 2.05) is 42.5 Å². The van der Waals surface area contributed by atoms with E-state index in [-0.39, 0.29) is 37.0 Å². The van der Waals surface area contributed by atoms with Gasteiger partial charge in [0.25, 0.3) is 0 Å². The van der Waals surface area contributed by atoms with E-state index in [4.69, 9.17) is 28.8 Å². The lowest BCUT2D eigenvalue weighted by molar-refractivity contribution is -0.145. The van der Waals surface area contributed by atoms with E-state index < -0.39 is 0 Å². The fraction of sp³-hybridized carbons (Fsp3) is 0.353. The fourth-order valence-electron chi connectivity index (χ4n) is 4.65. The van der Waals surface area contributed by atoms with Crippen LogP contribution in [-0.2, 0) is 25.7 Å². The molecule has 0 aromatic heterocycles. The Hall–Kier alpha value is -3.98. The summed E-state index contributed by atoms with van der Waals surface area (Å²) in [5.41, 5.74) is 2.76. The second kappa shape index (κ2) is 16.5. The van der Waals surface area contributed by atoms with Crippen LogP contribution >= 0.6 is 0 Å². The smallest absolute Gasteiger partial charge is 0.314 e. The number of hydrogen-bond acceptors (Lipinski definition) is 8. The van der Waals surface area contributed by atoms with Crippen molar-refractivity contribution in [1.82, 2.24) is 0 Å². The summed E-state index contributed by atoms with van der Waals surface area (Å²) < 4.78 is 27.8. The van der Waals surface area contributed by atoms with Crippen molar-refractivity contribution in [1.29, 1.82) is 0 Å². The summed E-state index contributed by atoms with van der Waals surface area (Å²) in [5, 5.41) is 8.81. The number of benzene rings is 3. The third-order valence-electron chi connectivity index (χ3n) is 7.04. The highest BCUT2D eigenvalue weighted by atomic mass is 16.5. The molecule has 1 aliphatic rings. The highest BCUT2D eigenvalue weighted by Gasteiger charge is 2.32. The third-order valence-corrected chi connectivity index (χ3v) is 7.04. The lowest BCUT2D eigenvalue weighted by Gasteiger charge is -2.25. The van der Waals surface area contributed by atoms with Crippen molar-refractivity contribution in [3.63, 3.8) is 0 Å². The van der Waals surface area contributed by atoms with Gasteiger partial charge in [-0.2, -0.15) is 0 Å². The first-order chi connectivity index (χ1) is 20.5. The number of aliphatic hydroxyl groups is 1. The first-order valence-corrected chi connectivity index (χ1v) is 14.3. The molecule has 0 saturated heterocycles. The summed E-state index contributed by atoms with van der Waals surface area (Å²) in [4.78, 5) is 25.5. The molecule has 8 heteroatoms. The van der Waals surface area contributed by atoms with Crippen molar-refractivity contribution >= 4 is 17.5 Å². The fourth-order valence-corrected chi connectivity index (χ4v) is 4.65. The van der Waals surface area contributed by atoms with Gasteiger partial charge in [-0.25, -0.2) is 0 Å². The second-order valence-electron chi connectivity index (χ2n) is 10.2. The minimum atomic E-state index is -0.291. The van der Waals surface area contributed by atoms with Crippen LogP contribution in [0, 0.1) is 11.8 Å². The van der Waals surface area contributed by atoms with Crippen LogP contribution in [0.1, 0.15) is 36.8 Å². The maximum absolute atomic E-state index is 12.7. The predicted molar refractivity (Wildman–Crippen MR) is 158 cm³/mol. The number of carbonyl (C=O) groups is 2. The summed E-state index contributed by atoms with van der Waals surface area (Å²) in [6.07, 6.45) is 2.26. The normalized spacial score (nSPS) is 16.4. The van der Waals surface area contributed by atoms with Crippen LogP contribution in [0.2, 0.25) is 0 Å². The molecule has 0 aliphatic heterocycles. The first kappa shape index (κ1) is 31.0. The molecule has 4 rings (SSSR count). The van der Waals surface area contributed by atoms with E-state index in [0.717, 1.165) is 16.7 Å². The Kier molecular flexibility index (Phi) is 12.1. The van der Waals surface area contributed by atoms with E-state index in [2.05, 4.69) is 6.58 Å². The molecule has 0 bridgehead atoms. The Balaban J connectivity index is 1.13. The monoisotopic (exact) mass is 574 g/mol. The van der Waals surface area contributed by atoms with Crippen LogP contribution in [0.15, 0.2) is 85.4 Å². The maximum atomic E-state index is 12.7. The Morgan fingerprint density at radius 1 is 0.690 bits per heavy atom. The van der Waals surface area contributed by atoms with Crippen LogP contribution in [0.4, 0.5) is 0 Å². The van der Waals surface area contributed by atoms with Gasteiger partial charge in [-0.05, 0) is 78.8 Å². The molecule has 1 N–H and O–H groups in total. The van der Waals surface area contributed by atoms with E-state index in [9.17, 15) is 9.59 Å². The van der Waals surface area contributed by atoms with Crippen molar-refractivity contribution in [3.8, 4) is 17.2 Å². The van der Waals surface area contributed by atoms with Gasteiger partial charge in [0.15, 0.2) is 0 Å². The highest BCUT2D eigenvalue weighted by molar-refractivity contribution is 5.78. The molecule has 1 aliphatic carbocycles. The average molecular weight is 575 g/mol. The Morgan fingerprint density at radius 2 is 1.24 bits per heavy atom. The number of rotatable bonds is 15. The number of carbonyl (C=O) groups excluding carboxylic acids is 2. The molecular formula is C34H38O8. The van der Waals surface area contributed by atoms with E-state index in [1.54, 1.807) is 36.4 Å². The molecule has 3 aromatic rings. The van der Waals surface area contributed by atoms with Crippen LogP contribution in [-0.4, -0.2) is 50.1 Å². The molecule has 222 valence electrons. The maximum Gasteiger partial charge on any atom is 0.314 e. The predicted octanol–water partition coefficient (Wildman–Crippen LogP) is 5.62. The topological polar surface area (TPSA) is 101 Å². The van der Waals surface area contributed by atoms with Gasteiger partial charge in [-0.15, -0.1) is 0 Å². The quantitative estimate of drug-likeness (QED) is 0.142. The Labute approximate surface area is 246 Å². The third kappa shape index (κ3) is 9.83. The minimum Gasteiger partial charge on any atom is -0.491 e. The van der Waals surface area contributed by atoms with Gasteiger partial charge in [0, 0.05) is 0 Å². The van der Waals surface area contributed by atoms with E-state index in [0.29, 0.717) is 69.4 Å². The van der Waals surface area contributed by atoms with Gasteiger partial charge in [-0.1, -0.05) is 49.0 Å². The van der Waals surface area contributed by atoms with Crippen molar-refractivity contribution in [2.24, 2.45) is 11.8 Å². The number of aliphatic hydroxyl groups excluding tert-OH is 1. The van der Waals surface area contributed by atoms with Crippen LogP contribution < -0.4 is 14.2 Å². The molecule has 0 radical (unpaired) electrons. The summed E-state index contributed by atoms with van der Waals surface area (Å²) in [5.74, 6) is 0.489. The molecule has 3 aromatic carbocycles. The molecule has 42 heavy (non-hydrogen) atoms. The lowest BCUT2D eigenvalue weighted by atomic mass is 9.82. The molecule has 8 nitrogen and oxygen atoms in total. The summed E-state index contributed by atoms with van der Waals surface area (Å²) in [6, 6.07) is 24.0. The SMILES string of the molecule is C=C(COCCO)c1ccc(OC(=O)[C@H]2CC[C@H](C(=O)Oc3ccc(OCCOCc4ccccc4)cc3)CC2)cc1. The van der Waals surface area contributed by atoms with Gasteiger partial charge >= 0.3 is 11.9 Å². The van der Waals surface area contributed by atoms with Gasteiger partial charge in [-0.3, -0.25) is 9.59 Å². The van der Waals surface area contributed by atoms with E-state index >= 15 is 0 Å². The van der Waals surface area contributed by atoms with E-state index in [1.165, 1.54) is 0 Å². The Bertz CT molecular complexity index is 1260. The average Bonchev–Trinajstić information content (AvgIpc) is 3.02. The lowest BCUT2D eigenvalue weighted by Crippen LogP contribution is -2.30. The molecule has 1 fully saturated rings. The van der Waals surface area contributed by atoms with Crippen molar-refractivity contribution in [2.75, 3.05) is 33.0 Å². The number of hydrogen-bond donors (Lipinski definition) is 1. The van der Waals surface area contributed by atoms with Gasteiger partial charge in [0.1, 0.15) is 23.9 Å². The van der Waals surface area contributed by atoms with Crippen LogP contribution in [0.25, 0.3) is 5.57 Å². The first-order valence-electron chi connectivity index (χ1n) is 14.3. The summed E-state index contributed by atoms with van der Waals surface area (Å²) in [6.45, 7) is 5.93. The zero-order valence-corrected chi connectivity index (χ0v) is 23.7. The molecule has 0 amide bonds.